The molecule has 2 N–H and O–H groups in total. The Bertz CT molecular complexity index is 1400. The SMILES string of the molecule is CC(=O)OC[C@H]1O[C@@H](Oc2n[nH]c(C(C)C)c2Cc2ccc(/C=C/CC(=O)O)cc2)[C@H](OC(C)=O)[C@@H](OC(C)=O)[C@@H]1OC(C)=O. The molecule has 1 aromatic carbocycles. The van der Waals surface area contributed by atoms with Crippen LogP contribution < -0.4 is 4.74 Å². The number of nitrogens with zero attached hydrogens (tertiary/aromatic N) is 1. The topological polar surface area (TPSA) is 190 Å². The number of esters is 4. The molecule has 45 heavy (non-hydrogen) atoms. The minimum Gasteiger partial charge on any atom is -0.481 e. The van der Waals surface area contributed by atoms with Gasteiger partial charge < -0.3 is 33.5 Å². The van der Waals surface area contributed by atoms with E-state index in [1.54, 1.807) is 12.2 Å². The number of carboxylic acid groups (broad SMARTS) is 1. The number of aromatic amines is 1. The van der Waals surface area contributed by atoms with E-state index in [9.17, 15) is 24.0 Å². The van der Waals surface area contributed by atoms with E-state index in [1.165, 1.54) is 6.92 Å². The molecule has 0 spiro atoms. The van der Waals surface area contributed by atoms with Gasteiger partial charge in [0.05, 0.1) is 6.42 Å². The lowest BCUT2D eigenvalue weighted by molar-refractivity contribution is -0.289. The number of aliphatic carboxylic acids is 1. The van der Waals surface area contributed by atoms with Crippen LogP contribution in [-0.2, 0) is 54.1 Å². The summed E-state index contributed by atoms with van der Waals surface area (Å²) in [7, 11) is 0. The Hall–Kier alpha value is -4.72. The highest BCUT2D eigenvalue weighted by Gasteiger charge is 2.53. The van der Waals surface area contributed by atoms with Gasteiger partial charge in [-0.2, -0.15) is 0 Å². The number of aromatic nitrogens is 2. The van der Waals surface area contributed by atoms with E-state index in [0.29, 0.717) is 12.0 Å². The van der Waals surface area contributed by atoms with E-state index in [1.807, 2.05) is 38.1 Å². The molecule has 1 saturated heterocycles. The lowest BCUT2D eigenvalue weighted by Gasteiger charge is -2.43. The Balaban J connectivity index is 1.99. The zero-order valence-electron chi connectivity index (χ0n) is 25.9. The zero-order valence-corrected chi connectivity index (χ0v) is 25.9. The molecule has 2 heterocycles. The molecule has 0 unspecified atom stereocenters. The van der Waals surface area contributed by atoms with Gasteiger partial charge in [0, 0.05) is 45.4 Å². The van der Waals surface area contributed by atoms with Gasteiger partial charge in [-0.05, 0) is 17.0 Å². The molecule has 1 aliphatic heterocycles. The fraction of sp³-hybridized carbons (Fsp3) is 0.484. The monoisotopic (exact) mass is 630 g/mol. The smallest absolute Gasteiger partial charge is 0.307 e. The molecule has 0 saturated carbocycles. The maximum Gasteiger partial charge on any atom is 0.307 e. The molecule has 14 nitrogen and oxygen atoms in total. The van der Waals surface area contributed by atoms with Gasteiger partial charge in [0.1, 0.15) is 12.7 Å². The van der Waals surface area contributed by atoms with Gasteiger partial charge >= 0.3 is 29.8 Å². The first kappa shape index (κ1) is 34.8. The molecular formula is C31H38N2O12. The number of carbonyl (C=O) groups excluding carboxylic acids is 4. The summed E-state index contributed by atoms with van der Waals surface area (Å²) in [5.41, 5.74) is 3.15. The molecule has 1 aromatic heterocycles. The molecule has 3 rings (SSSR count). The summed E-state index contributed by atoms with van der Waals surface area (Å²) in [4.78, 5) is 58.8. The van der Waals surface area contributed by atoms with E-state index >= 15 is 0 Å². The van der Waals surface area contributed by atoms with Crippen LogP contribution in [0.5, 0.6) is 5.88 Å². The summed E-state index contributed by atoms with van der Waals surface area (Å²) in [6.07, 6.45) is -3.17. The highest BCUT2D eigenvalue weighted by molar-refractivity contribution is 5.70. The number of carboxylic acids is 1. The predicted molar refractivity (Wildman–Crippen MR) is 156 cm³/mol. The lowest BCUT2D eigenvalue weighted by atomic mass is 9.97. The quantitative estimate of drug-likeness (QED) is 0.243. The molecule has 0 bridgehead atoms. The van der Waals surface area contributed by atoms with Gasteiger partial charge in [0.25, 0.3) is 0 Å². The van der Waals surface area contributed by atoms with E-state index in [-0.39, 0.29) is 18.2 Å². The molecule has 244 valence electrons. The zero-order chi connectivity index (χ0) is 33.3. The lowest BCUT2D eigenvalue weighted by Crippen LogP contribution is -2.63. The number of rotatable bonds is 13. The minimum absolute atomic E-state index is 0.00141. The van der Waals surface area contributed by atoms with Gasteiger partial charge in [-0.25, -0.2) is 0 Å². The highest BCUT2D eigenvalue weighted by Crippen LogP contribution is 2.34. The minimum atomic E-state index is -1.44. The van der Waals surface area contributed by atoms with Crippen LogP contribution in [0.4, 0.5) is 0 Å². The van der Waals surface area contributed by atoms with Crippen molar-refractivity contribution >= 4 is 35.9 Å². The first-order valence-electron chi connectivity index (χ1n) is 14.3. The third kappa shape index (κ3) is 10.2. The molecule has 2 aromatic rings. The molecule has 0 aliphatic carbocycles. The Morgan fingerprint density at radius 1 is 0.911 bits per heavy atom. The first-order chi connectivity index (χ1) is 21.2. The number of H-pyrrole nitrogens is 1. The van der Waals surface area contributed by atoms with Gasteiger partial charge in [-0.3, -0.25) is 29.1 Å². The van der Waals surface area contributed by atoms with Crippen molar-refractivity contribution in [2.75, 3.05) is 6.61 Å². The predicted octanol–water partition coefficient (Wildman–Crippen LogP) is 3.07. The summed E-state index contributed by atoms with van der Waals surface area (Å²) in [6.45, 7) is 8.14. The van der Waals surface area contributed by atoms with Gasteiger partial charge in [-0.15, -0.1) is 5.10 Å². The van der Waals surface area contributed by atoms with E-state index < -0.39 is 67.2 Å². The molecule has 14 heteroatoms. The number of nitrogens with one attached hydrogen (secondary N) is 1. The molecule has 0 radical (unpaired) electrons. The van der Waals surface area contributed by atoms with Crippen LogP contribution >= 0.6 is 0 Å². The number of benzene rings is 1. The number of hydrogen-bond donors (Lipinski definition) is 2. The summed E-state index contributed by atoms with van der Waals surface area (Å²) in [5.74, 6) is -3.70. The Morgan fingerprint density at radius 3 is 2.07 bits per heavy atom. The summed E-state index contributed by atoms with van der Waals surface area (Å²) in [6, 6.07) is 7.47. The van der Waals surface area contributed by atoms with Gasteiger partial charge in [0.15, 0.2) is 12.2 Å². The number of hydrogen-bond acceptors (Lipinski definition) is 12. The van der Waals surface area contributed by atoms with E-state index in [4.69, 9.17) is 33.5 Å². The van der Waals surface area contributed by atoms with Crippen LogP contribution in [0.2, 0.25) is 0 Å². The third-order valence-corrected chi connectivity index (χ3v) is 6.58. The van der Waals surface area contributed by atoms with Crippen molar-refractivity contribution < 1.29 is 57.5 Å². The van der Waals surface area contributed by atoms with Crippen molar-refractivity contribution in [1.82, 2.24) is 10.2 Å². The molecule has 0 amide bonds. The molecule has 5 atom stereocenters. The second-order valence-electron chi connectivity index (χ2n) is 10.7. The van der Waals surface area contributed by atoms with Gasteiger partial charge in [0.2, 0.25) is 18.3 Å². The summed E-state index contributed by atoms with van der Waals surface area (Å²) < 4.78 is 33.8. The molecule has 1 fully saturated rings. The largest absolute Gasteiger partial charge is 0.481 e. The van der Waals surface area contributed by atoms with Crippen molar-refractivity contribution in [2.24, 2.45) is 0 Å². The van der Waals surface area contributed by atoms with Crippen LogP contribution in [0.25, 0.3) is 6.08 Å². The van der Waals surface area contributed by atoms with Gasteiger partial charge in [-0.1, -0.05) is 50.3 Å². The van der Waals surface area contributed by atoms with Crippen LogP contribution in [-0.4, -0.2) is 82.5 Å². The fourth-order valence-corrected chi connectivity index (χ4v) is 4.75. The van der Waals surface area contributed by atoms with Crippen molar-refractivity contribution in [2.45, 2.75) is 91.0 Å². The average Bonchev–Trinajstić information content (AvgIpc) is 3.33. The Kier molecular flexibility index (Phi) is 12.2. The van der Waals surface area contributed by atoms with Crippen LogP contribution in [0.15, 0.2) is 30.3 Å². The van der Waals surface area contributed by atoms with Crippen molar-refractivity contribution in [3.05, 3.63) is 52.7 Å². The van der Waals surface area contributed by atoms with E-state index in [2.05, 4.69) is 10.2 Å². The Morgan fingerprint density at radius 2 is 1.51 bits per heavy atom. The summed E-state index contributed by atoms with van der Waals surface area (Å²) in [5, 5.41) is 16.2. The van der Waals surface area contributed by atoms with Crippen LogP contribution in [0.3, 0.4) is 0 Å². The van der Waals surface area contributed by atoms with Crippen molar-refractivity contribution in [1.29, 1.82) is 0 Å². The molecule has 1 aliphatic rings. The third-order valence-electron chi connectivity index (χ3n) is 6.58. The highest BCUT2D eigenvalue weighted by atomic mass is 16.7. The number of ether oxygens (including phenoxy) is 6. The fourth-order valence-electron chi connectivity index (χ4n) is 4.75. The maximum absolute atomic E-state index is 12.2. The normalized spacial score (nSPS) is 21.3. The van der Waals surface area contributed by atoms with Crippen molar-refractivity contribution in [3.63, 3.8) is 0 Å². The second kappa shape index (κ2) is 15.8. The van der Waals surface area contributed by atoms with E-state index in [0.717, 1.165) is 37.6 Å². The number of carbonyl (C=O) groups is 5. The molecular weight excluding hydrogens is 592 g/mol. The van der Waals surface area contributed by atoms with Crippen molar-refractivity contribution in [3.8, 4) is 5.88 Å². The first-order valence-corrected chi connectivity index (χ1v) is 14.3. The van der Waals surface area contributed by atoms with Crippen LogP contribution in [0, 0.1) is 0 Å². The Labute approximate surface area is 260 Å². The standard InChI is InChI=1S/C31H38N2O12/c1-16(2)26-23(14-22-12-10-21(11-13-22)8-7-9-25(38)39)30(33-32-26)45-31-29(43-20(6)37)28(42-19(5)36)27(41-18(4)35)24(44-31)15-40-17(3)34/h7-8,10-13,16,24,27-29,31H,9,14-15H2,1-6H3,(H,32,33)(H,38,39)/b8-7+/t24-,27-,28+,29-,31+/m1/s1. The average molecular weight is 631 g/mol. The maximum atomic E-state index is 12.2. The second-order valence-corrected chi connectivity index (χ2v) is 10.7. The summed E-state index contributed by atoms with van der Waals surface area (Å²) >= 11 is 0. The van der Waals surface area contributed by atoms with Crippen LogP contribution in [0.1, 0.15) is 76.3 Å².